The highest BCUT2D eigenvalue weighted by Crippen LogP contribution is 2.25. The van der Waals surface area contributed by atoms with Gasteiger partial charge in [-0.1, -0.05) is 11.6 Å². The summed E-state index contributed by atoms with van der Waals surface area (Å²) in [4.78, 5) is 3.94. The Morgan fingerprint density at radius 1 is 1.28 bits per heavy atom. The maximum atomic E-state index is 13.3. The first kappa shape index (κ1) is 12.6. The SMILES string of the molecule is Nc1cc(Cl)c(F)cc1NCCc1ccncc1. The second-order valence-electron chi connectivity index (χ2n) is 3.89. The van der Waals surface area contributed by atoms with E-state index >= 15 is 0 Å². The quantitative estimate of drug-likeness (QED) is 0.835. The number of benzene rings is 1. The molecule has 3 nitrogen and oxygen atoms in total. The molecule has 0 saturated heterocycles. The number of anilines is 2. The van der Waals surface area contributed by atoms with E-state index in [0.717, 1.165) is 12.0 Å². The average molecular weight is 266 g/mol. The van der Waals surface area contributed by atoms with Crippen molar-refractivity contribution in [3.05, 3.63) is 53.1 Å². The predicted octanol–water partition coefficient (Wildman–Crippen LogP) is 3.11. The van der Waals surface area contributed by atoms with Crippen LogP contribution in [0.25, 0.3) is 0 Å². The van der Waals surface area contributed by atoms with Crippen molar-refractivity contribution in [1.82, 2.24) is 4.98 Å². The van der Waals surface area contributed by atoms with Crippen molar-refractivity contribution in [1.29, 1.82) is 0 Å². The van der Waals surface area contributed by atoms with Crippen molar-refractivity contribution in [2.24, 2.45) is 0 Å². The molecule has 0 radical (unpaired) electrons. The third-order valence-corrected chi connectivity index (χ3v) is 2.86. The fourth-order valence-electron chi connectivity index (χ4n) is 1.61. The maximum absolute atomic E-state index is 13.3. The van der Waals surface area contributed by atoms with Crippen molar-refractivity contribution in [3.8, 4) is 0 Å². The fraction of sp³-hybridized carbons (Fsp3) is 0.154. The van der Waals surface area contributed by atoms with Gasteiger partial charge in [-0.3, -0.25) is 4.98 Å². The van der Waals surface area contributed by atoms with Crippen LogP contribution in [-0.4, -0.2) is 11.5 Å². The molecule has 0 spiro atoms. The van der Waals surface area contributed by atoms with Crippen LogP contribution >= 0.6 is 11.6 Å². The Morgan fingerprint density at radius 2 is 2.00 bits per heavy atom. The molecule has 0 saturated carbocycles. The van der Waals surface area contributed by atoms with Crippen LogP contribution in [0.1, 0.15) is 5.56 Å². The summed E-state index contributed by atoms with van der Waals surface area (Å²) in [6.07, 6.45) is 4.30. The molecule has 0 bridgehead atoms. The zero-order valence-corrected chi connectivity index (χ0v) is 10.4. The normalized spacial score (nSPS) is 10.3. The summed E-state index contributed by atoms with van der Waals surface area (Å²) < 4.78 is 13.3. The Balaban J connectivity index is 1.97. The van der Waals surface area contributed by atoms with E-state index in [4.69, 9.17) is 17.3 Å². The van der Waals surface area contributed by atoms with Gasteiger partial charge in [0, 0.05) is 25.0 Å². The summed E-state index contributed by atoms with van der Waals surface area (Å²) in [7, 11) is 0. The minimum absolute atomic E-state index is 0.0344. The van der Waals surface area contributed by atoms with Crippen LogP contribution in [0.15, 0.2) is 36.7 Å². The summed E-state index contributed by atoms with van der Waals surface area (Å²) in [5.41, 5.74) is 7.91. The number of hydrogen-bond acceptors (Lipinski definition) is 3. The zero-order chi connectivity index (χ0) is 13.0. The van der Waals surface area contributed by atoms with Gasteiger partial charge in [0.1, 0.15) is 5.82 Å². The van der Waals surface area contributed by atoms with Crippen molar-refractivity contribution >= 4 is 23.0 Å². The Kier molecular flexibility index (Phi) is 3.99. The summed E-state index contributed by atoms with van der Waals surface area (Å²) in [6, 6.07) is 6.59. The maximum Gasteiger partial charge on any atom is 0.143 e. The number of rotatable bonds is 4. The van der Waals surface area contributed by atoms with Gasteiger partial charge in [0.25, 0.3) is 0 Å². The Morgan fingerprint density at radius 3 is 2.72 bits per heavy atom. The third kappa shape index (κ3) is 3.11. The molecule has 94 valence electrons. The molecule has 0 unspecified atom stereocenters. The van der Waals surface area contributed by atoms with E-state index in [9.17, 15) is 4.39 Å². The molecule has 5 heteroatoms. The highest BCUT2D eigenvalue weighted by molar-refractivity contribution is 6.31. The van der Waals surface area contributed by atoms with E-state index in [1.54, 1.807) is 12.4 Å². The number of nitrogens with one attached hydrogen (secondary N) is 1. The first-order valence-corrected chi connectivity index (χ1v) is 5.92. The van der Waals surface area contributed by atoms with Crippen LogP contribution in [0.2, 0.25) is 5.02 Å². The van der Waals surface area contributed by atoms with E-state index in [2.05, 4.69) is 10.3 Å². The van der Waals surface area contributed by atoms with Crippen molar-refractivity contribution < 1.29 is 4.39 Å². The molecule has 0 aliphatic heterocycles. The van der Waals surface area contributed by atoms with Crippen LogP contribution < -0.4 is 11.1 Å². The molecule has 2 rings (SSSR count). The van der Waals surface area contributed by atoms with E-state index in [1.807, 2.05) is 12.1 Å². The largest absolute Gasteiger partial charge is 0.397 e. The highest BCUT2D eigenvalue weighted by atomic mass is 35.5. The lowest BCUT2D eigenvalue weighted by atomic mass is 10.2. The summed E-state index contributed by atoms with van der Waals surface area (Å²) in [6.45, 7) is 0.662. The van der Waals surface area contributed by atoms with Crippen LogP contribution in [0, 0.1) is 5.82 Å². The van der Waals surface area contributed by atoms with E-state index < -0.39 is 5.82 Å². The number of pyridine rings is 1. The molecule has 0 fully saturated rings. The first-order chi connectivity index (χ1) is 8.66. The topological polar surface area (TPSA) is 50.9 Å². The van der Waals surface area contributed by atoms with Crippen molar-refractivity contribution in [2.45, 2.75) is 6.42 Å². The second-order valence-corrected chi connectivity index (χ2v) is 4.29. The van der Waals surface area contributed by atoms with Crippen LogP contribution in [0.3, 0.4) is 0 Å². The number of nitrogen functional groups attached to an aromatic ring is 1. The Hall–Kier alpha value is -1.81. The lowest BCUT2D eigenvalue weighted by molar-refractivity contribution is 0.629. The van der Waals surface area contributed by atoms with Gasteiger partial charge in [-0.25, -0.2) is 4.39 Å². The van der Waals surface area contributed by atoms with Gasteiger partial charge in [-0.2, -0.15) is 0 Å². The number of aromatic nitrogens is 1. The molecule has 1 heterocycles. The van der Waals surface area contributed by atoms with E-state index in [-0.39, 0.29) is 5.02 Å². The number of nitrogens with two attached hydrogens (primary N) is 1. The van der Waals surface area contributed by atoms with Gasteiger partial charge in [-0.05, 0) is 30.2 Å². The highest BCUT2D eigenvalue weighted by Gasteiger charge is 2.05. The molecule has 1 aromatic carbocycles. The summed E-state index contributed by atoms with van der Waals surface area (Å²) >= 11 is 5.63. The van der Waals surface area contributed by atoms with Gasteiger partial charge in [-0.15, -0.1) is 0 Å². The molecule has 18 heavy (non-hydrogen) atoms. The monoisotopic (exact) mass is 265 g/mol. The minimum atomic E-state index is -0.475. The molecular weight excluding hydrogens is 253 g/mol. The van der Waals surface area contributed by atoms with Gasteiger partial charge < -0.3 is 11.1 Å². The molecule has 0 amide bonds. The third-order valence-electron chi connectivity index (χ3n) is 2.57. The minimum Gasteiger partial charge on any atom is -0.397 e. The van der Waals surface area contributed by atoms with Crippen molar-refractivity contribution in [2.75, 3.05) is 17.6 Å². The molecular formula is C13H13ClFN3. The Bertz CT molecular complexity index is 531. The number of nitrogens with zero attached hydrogens (tertiary/aromatic N) is 1. The van der Waals surface area contributed by atoms with E-state index in [0.29, 0.717) is 17.9 Å². The predicted molar refractivity (Wildman–Crippen MR) is 72.3 cm³/mol. The van der Waals surface area contributed by atoms with Crippen molar-refractivity contribution in [3.63, 3.8) is 0 Å². The second kappa shape index (κ2) is 5.69. The van der Waals surface area contributed by atoms with Gasteiger partial charge >= 0.3 is 0 Å². The van der Waals surface area contributed by atoms with Crippen LogP contribution in [0.5, 0.6) is 0 Å². The lowest BCUT2D eigenvalue weighted by Crippen LogP contribution is -2.07. The molecule has 2 aromatic rings. The summed E-state index contributed by atoms with van der Waals surface area (Å²) in [5.74, 6) is -0.475. The zero-order valence-electron chi connectivity index (χ0n) is 9.66. The molecule has 0 aliphatic carbocycles. The molecule has 1 aromatic heterocycles. The molecule has 0 aliphatic rings. The number of halogens is 2. The smallest absolute Gasteiger partial charge is 0.143 e. The van der Waals surface area contributed by atoms with Gasteiger partial charge in [0.15, 0.2) is 0 Å². The van der Waals surface area contributed by atoms with Crippen LogP contribution in [0.4, 0.5) is 15.8 Å². The summed E-state index contributed by atoms with van der Waals surface area (Å²) in [5, 5.41) is 3.12. The Labute approximate surface area is 110 Å². The standard InChI is InChI=1S/C13H13ClFN3/c14-10-7-12(16)13(8-11(10)15)18-6-3-9-1-4-17-5-2-9/h1-2,4-5,7-8,18H,3,6,16H2. The van der Waals surface area contributed by atoms with Gasteiger partial charge in [0.2, 0.25) is 0 Å². The van der Waals surface area contributed by atoms with E-state index in [1.165, 1.54) is 12.1 Å². The number of hydrogen-bond donors (Lipinski definition) is 2. The molecule has 0 atom stereocenters. The van der Waals surface area contributed by atoms with Gasteiger partial charge in [0.05, 0.1) is 16.4 Å². The van der Waals surface area contributed by atoms with Crippen LogP contribution in [-0.2, 0) is 6.42 Å². The molecule has 3 N–H and O–H groups in total. The fourth-order valence-corrected chi connectivity index (χ4v) is 1.78. The average Bonchev–Trinajstić information content (AvgIpc) is 2.37. The first-order valence-electron chi connectivity index (χ1n) is 5.54. The lowest BCUT2D eigenvalue weighted by Gasteiger charge is -2.10.